The van der Waals surface area contributed by atoms with Gasteiger partial charge in [-0.15, -0.1) is 10.2 Å². The maximum Gasteiger partial charge on any atom is 0.205 e. The molecule has 0 bridgehead atoms. The Bertz CT molecular complexity index is 694. The second kappa shape index (κ2) is 5.27. The zero-order valence-corrected chi connectivity index (χ0v) is 11.3. The van der Waals surface area contributed by atoms with Crippen LogP contribution in [0.1, 0.15) is 17.6 Å². The number of anilines is 1. The van der Waals surface area contributed by atoms with E-state index in [1.807, 2.05) is 24.3 Å². The van der Waals surface area contributed by atoms with Crippen LogP contribution in [-0.4, -0.2) is 20.2 Å². The molecule has 0 unspecified atom stereocenters. The number of nitrogens with zero attached hydrogens (tertiary/aromatic N) is 4. The number of aromatic nitrogens is 4. The number of para-hydroxylation sites is 2. The Morgan fingerprint density at radius 2 is 2.00 bits per heavy atom. The molecule has 0 atom stereocenters. The van der Waals surface area contributed by atoms with Gasteiger partial charge in [-0.05, 0) is 18.6 Å². The Morgan fingerprint density at radius 3 is 2.79 bits per heavy atom. The van der Waals surface area contributed by atoms with Crippen molar-refractivity contribution in [3.05, 3.63) is 41.2 Å². The Labute approximate surface area is 114 Å². The van der Waals surface area contributed by atoms with Gasteiger partial charge >= 0.3 is 0 Å². The van der Waals surface area contributed by atoms with Crippen molar-refractivity contribution in [1.29, 1.82) is 0 Å². The van der Waals surface area contributed by atoms with Gasteiger partial charge < -0.3 is 5.32 Å². The van der Waals surface area contributed by atoms with E-state index in [9.17, 15) is 0 Å². The van der Waals surface area contributed by atoms with Crippen molar-refractivity contribution >= 4 is 27.5 Å². The standard InChI is InChI=1S/C13H13N5S/c1-2-12-17-18-13(19-12)15-8-9-7-14-10-5-3-4-6-11(10)16-9/h3-7H,2,8H2,1H3,(H,15,18). The maximum absolute atomic E-state index is 4.55. The summed E-state index contributed by atoms with van der Waals surface area (Å²) in [5, 5.41) is 13.2. The Morgan fingerprint density at radius 1 is 1.16 bits per heavy atom. The minimum atomic E-state index is 0.607. The summed E-state index contributed by atoms with van der Waals surface area (Å²) in [4.78, 5) is 8.93. The van der Waals surface area contributed by atoms with Crippen LogP contribution in [0.4, 0.5) is 5.13 Å². The molecule has 1 N–H and O–H groups in total. The highest BCUT2D eigenvalue weighted by Gasteiger charge is 2.03. The molecule has 0 amide bonds. The first-order chi connectivity index (χ1) is 9.35. The molecule has 0 radical (unpaired) electrons. The van der Waals surface area contributed by atoms with E-state index in [0.717, 1.165) is 33.3 Å². The van der Waals surface area contributed by atoms with Crippen LogP contribution in [0.3, 0.4) is 0 Å². The van der Waals surface area contributed by atoms with Crippen LogP contribution in [-0.2, 0) is 13.0 Å². The van der Waals surface area contributed by atoms with Crippen LogP contribution in [0, 0.1) is 0 Å². The van der Waals surface area contributed by atoms with Gasteiger partial charge in [0.15, 0.2) is 0 Å². The van der Waals surface area contributed by atoms with Gasteiger partial charge in [0, 0.05) is 0 Å². The predicted molar refractivity (Wildman–Crippen MR) is 76.2 cm³/mol. The molecular formula is C13H13N5S. The average molecular weight is 271 g/mol. The Kier molecular flexibility index (Phi) is 3.33. The summed E-state index contributed by atoms with van der Waals surface area (Å²) in [5.41, 5.74) is 2.72. The van der Waals surface area contributed by atoms with Crippen molar-refractivity contribution in [2.24, 2.45) is 0 Å². The fourth-order valence-electron chi connectivity index (χ4n) is 1.71. The van der Waals surface area contributed by atoms with E-state index in [1.54, 1.807) is 17.5 Å². The molecule has 19 heavy (non-hydrogen) atoms. The third-order valence-electron chi connectivity index (χ3n) is 2.69. The molecule has 0 spiro atoms. The summed E-state index contributed by atoms with van der Waals surface area (Å²) < 4.78 is 0. The molecular weight excluding hydrogens is 258 g/mol. The number of aryl methyl sites for hydroxylation is 1. The molecule has 2 heterocycles. The molecule has 0 aliphatic rings. The van der Waals surface area contributed by atoms with Crippen LogP contribution in [0.15, 0.2) is 30.5 Å². The van der Waals surface area contributed by atoms with Crippen LogP contribution < -0.4 is 5.32 Å². The molecule has 0 fully saturated rings. The van der Waals surface area contributed by atoms with Gasteiger partial charge in [0.2, 0.25) is 5.13 Å². The van der Waals surface area contributed by atoms with Gasteiger partial charge in [-0.3, -0.25) is 4.98 Å². The van der Waals surface area contributed by atoms with E-state index in [0.29, 0.717) is 6.54 Å². The largest absolute Gasteiger partial charge is 0.354 e. The fourth-order valence-corrected chi connectivity index (χ4v) is 2.39. The van der Waals surface area contributed by atoms with Gasteiger partial charge in [-0.25, -0.2) is 4.98 Å². The lowest BCUT2D eigenvalue weighted by Gasteiger charge is -2.02. The molecule has 5 nitrogen and oxygen atoms in total. The zero-order chi connectivity index (χ0) is 13.1. The molecule has 0 aliphatic carbocycles. The normalized spacial score (nSPS) is 10.8. The van der Waals surface area contributed by atoms with E-state index in [1.165, 1.54) is 0 Å². The van der Waals surface area contributed by atoms with E-state index < -0.39 is 0 Å². The lowest BCUT2D eigenvalue weighted by Crippen LogP contribution is -2.02. The van der Waals surface area contributed by atoms with Gasteiger partial charge in [0.1, 0.15) is 5.01 Å². The molecule has 96 valence electrons. The highest BCUT2D eigenvalue weighted by atomic mass is 32.1. The maximum atomic E-state index is 4.55. The van der Waals surface area contributed by atoms with Crippen molar-refractivity contribution in [2.75, 3.05) is 5.32 Å². The summed E-state index contributed by atoms with van der Waals surface area (Å²) in [6.45, 7) is 2.68. The third kappa shape index (κ3) is 2.68. The molecule has 6 heteroatoms. The van der Waals surface area contributed by atoms with Crippen LogP contribution in [0.5, 0.6) is 0 Å². The molecule has 0 aliphatic heterocycles. The first-order valence-electron chi connectivity index (χ1n) is 6.12. The van der Waals surface area contributed by atoms with Crippen LogP contribution in [0.25, 0.3) is 11.0 Å². The fraction of sp³-hybridized carbons (Fsp3) is 0.231. The topological polar surface area (TPSA) is 63.6 Å². The smallest absolute Gasteiger partial charge is 0.205 e. The van der Waals surface area contributed by atoms with Crippen LogP contribution >= 0.6 is 11.3 Å². The lowest BCUT2D eigenvalue weighted by atomic mass is 10.3. The van der Waals surface area contributed by atoms with Crippen molar-refractivity contribution in [3.8, 4) is 0 Å². The predicted octanol–water partition coefficient (Wildman–Crippen LogP) is 2.66. The monoisotopic (exact) mass is 271 g/mol. The third-order valence-corrected chi connectivity index (χ3v) is 3.71. The number of rotatable bonds is 4. The number of hydrogen-bond donors (Lipinski definition) is 1. The molecule has 3 aromatic rings. The number of benzene rings is 1. The molecule has 1 aromatic carbocycles. The first-order valence-corrected chi connectivity index (χ1v) is 6.93. The molecule has 3 rings (SSSR count). The summed E-state index contributed by atoms with van der Waals surface area (Å²) in [6, 6.07) is 7.85. The summed E-state index contributed by atoms with van der Waals surface area (Å²) >= 11 is 1.57. The number of fused-ring (bicyclic) bond motifs is 1. The van der Waals surface area contributed by atoms with Crippen molar-refractivity contribution in [3.63, 3.8) is 0 Å². The van der Waals surface area contributed by atoms with Crippen LogP contribution in [0.2, 0.25) is 0 Å². The van der Waals surface area contributed by atoms with Gasteiger partial charge in [-0.1, -0.05) is 30.4 Å². The van der Waals surface area contributed by atoms with E-state index >= 15 is 0 Å². The number of nitrogens with one attached hydrogen (secondary N) is 1. The molecule has 0 saturated heterocycles. The second-order valence-electron chi connectivity index (χ2n) is 4.06. The minimum absolute atomic E-state index is 0.607. The first kappa shape index (κ1) is 12.0. The Hall–Kier alpha value is -2.08. The molecule has 0 saturated carbocycles. The minimum Gasteiger partial charge on any atom is -0.354 e. The lowest BCUT2D eigenvalue weighted by molar-refractivity contribution is 0.967. The van der Waals surface area contributed by atoms with Gasteiger partial charge in [0.05, 0.1) is 29.5 Å². The summed E-state index contributed by atoms with van der Waals surface area (Å²) in [7, 11) is 0. The quantitative estimate of drug-likeness (QED) is 0.790. The average Bonchev–Trinajstić information content (AvgIpc) is 2.93. The highest BCUT2D eigenvalue weighted by molar-refractivity contribution is 7.15. The number of hydrogen-bond acceptors (Lipinski definition) is 6. The Balaban J connectivity index is 1.74. The highest BCUT2D eigenvalue weighted by Crippen LogP contribution is 2.16. The zero-order valence-electron chi connectivity index (χ0n) is 10.5. The van der Waals surface area contributed by atoms with Gasteiger partial charge in [-0.2, -0.15) is 0 Å². The van der Waals surface area contributed by atoms with E-state index in [4.69, 9.17) is 0 Å². The van der Waals surface area contributed by atoms with Crippen molar-refractivity contribution in [1.82, 2.24) is 20.2 Å². The molecule has 2 aromatic heterocycles. The SMILES string of the molecule is CCc1nnc(NCc2cnc3ccccc3n2)s1. The van der Waals surface area contributed by atoms with Crippen molar-refractivity contribution < 1.29 is 0 Å². The van der Waals surface area contributed by atoms with E-state index in [-0.39, 0.29) is 0 Å². The summed E-state index contributed by atoms with van der Waals surface area (Å²) in [5.74, 6) is 0. The van der Waals surface area contributed by atoms with E-state index in [2.05, 4.69) is 32.4 Å². The van der Waals surface area contributed by atoms with Gasteiger partial charge in [0.25, 0.3) is 0 Å². The van der Waals surface area contributed by atoms with Crippen molar-refractivity contribution in [2.45, 2.75) is 19.9 Å². The summed E-state index contributed by atoms with van der Waals surface area (Å²) in [6.07, 6.45) is 2.70. The second-order valence-corrected chi connectivity index (χ2v) is 5.12.